The van der Waals surface area contributed by atoms with Crippen LogP contribution in [-0.4, -0.2) is 32.8 Å². The van der Waals surface area contributed by atoms with Gasteiger partial charge in [-0.25, -0.2) is 0 Å². The molecule has 0 N–H and O–H groups in total. The highest BCUT2D eigenvalue weighted by Gasteiger charge is 2.32. The number of ether oxygens (including phenoxy) is 1. The third-order valence-electron chi connectivity index (χ3n) is 4.74. The molecular formula is C19H26N4O. The van der Waals surface area contributed by atoms with E-state index in [4.69, 9.17) is 4.74 Å². The maximum absolute atomic E-state index is 5.99. The molecule has 1 aromatic heterocycles. The van der Waals surface area contributed by atoms with Crippen molar-refractivity contribution in [2.45, 2.75) is 52.2 Å². The summed E-state index contributed by atoms with van der Waals surface area (Å²) in [5.41, 5.74) is 1.26. The Kier molecular flexibility index (Phi) is 4.27. The van der Waals surface area contributed by atoms with Gasteiger partial charge in [-0.2, -0.15) is 0 Å². The molecule has 5 heteroatoms. The van der Waals surface area contributed by atoms with Crippen LogP contribution in [0.1, 0.15) is 49.8 Å². The summed E-state index contributed by atoms with van der Waals surface area (Å²) in [6.07, 6.45) is 2.56. The highest BCUT2D eigenvalue weighted by atomic mass is 16.5. The van der Waals surface area contributed by atoms with Gasteiger partial charge >= 0.3 is 0 Å². The van der Waals surface area contributed by atoms with Crippen LogP contribution in [0.3, 0.4) is 0 Å². The molecule has 0 saturated heterocycles. The minimum Gasteiger partial charge on any atom is -0.493 e. The van der Waals surface area contributed by atoms with Gasteiger partial charge in [-0.3, -0.25) is 4.90 Å². The third kappa shape index (κ3) is 3.31. The van der Waals surface area contributed by atoms with E-state index < -0.39 is 0 Å². The Labute approximate surface area is 143 Å². The Bertz CT molecular complexity index is 705. The van der Waals surface area contributed by atoms with Gasteiger partial charge in [-0.15, -0.1) is 10.2 Å². The highest BCUT2D eigenvalue weighted by Crippen LogP contribution is 2.39. The lowest BCUT2D eigenvalue weighted by Crippen LogP contribution is -2.34. The van der Waals surface area contributed by atoms with Crippen molar-refractivity contribution >= 4 is 0 Å². The minimum atomic E-state index is 0.535. The van der Waals surface area contributed by atoms with Gasteiger partial charge in [0.05, 0.1) is 13.2 Å². The first kappa shape index (κ1) is 15.6. The van der Waals surface area contributed by atoms with E-state index in [-0.39, 0.29) is 0 Å². The van der Waals surface area contributed by atoms with Crippen LogP contribution in [0.2, 0.25) is 0 Å². The van der Waals surface area contributed by atoms with E-state index in [2.05, 4.69) is 51.7 Å². The molecule has 1 fully saturated rings. The second-order valence-corrected chi connectivity index (χ2v) is 7.42. The van der Waals surface area contributed by atoms with Crippen molar-refractivity contribution in [1.29, 1.82) is 0 Å². The van der Waals surface area contributed by atoms with Gasteiger partial charge in [0.1, 0.15) is 17.4 Å². The number of fused-ring (bicyclic) bond motifs is 1. The lowest BCUT2D eigenvalue weighted by atomic mass is 10.1. The van der Waals surface area contributed by atoms with Crippen molar-refractivity contribution in [2.75, 3.05) is 13.2 Å². The maximum Gasteiger partial charge on any atom is 0.147 e. The molecule has 2 aromatic rings. The number of hydrogen-bond acceptors (Lipinski definition) is 4. The van der Waals surface area contributed by atoms with E-state index in [0.717, 1.165) is 44.4 Å². The van der Waals surface area contributed by atoms with Crippen LogP contribution in [0.25, 0.3) is 0 Å². The first-order valence-electron chi connectivity index (χ1n) is 9.05. The first-order valence-corrected chi connectivity index (χ1v) is 9.05. The predicted molar refractivity (Wildman–Crippen MR) is 92.9 cm³/mol. The fourth-order valence-electron chi connectivity index (χ4n) is 3.28. The van der Waals surface area contributed by atoms with Crippen LogP contribution in [0.5, 0.6) is 5.75 Å². The second kappa shape index (κ2) is 6.55. The largest absolute Gasteiger partial charge is 0.493 e. The van der Waals surface area contributed by atoms with E-state index >= 15 is 0 Å². The minimum absolute atomic E-state index is 0.535. The number of para-hydroxylation sites is 1. The molecule has 0 unspecified atom stereocenters. The summed E-state index contributed by atoms with van der Waals surface area (Å²) in [6.45, 7) is 8.94. The summed E-state index contributed by atoms with van der Waals surface area (Å²) in [5.74, 6) is 4.54. The normalized spacial score (nSPS) is 18.0. The quantitative estimate of drug-likeness (QED) is 0.817. The zero-order chi connectivity index (χ0) is 16.5. The van der Waals surface area contributed by atoms with Crippen molar-refractivity contribution in [1.82, 2.24) is 19.7 Å². The van der Waals surface area contributed by atoms with Gasteiger partial charge < -0.3 is 9.30 Å². The first-order chi connectivity index (χ1) is 11.7. The molecule has 2 aliphatic rings. The number of rotatable bonds is 6. The van der Waals surface area contributed by atoms with Gasteiger partial charge in [0.25, 0.3) is 0 Å². The second-order valence-electron chi connectivity index (χ2n) is 7.42. The summed E-state index contributed by atoms with van der Waals surface area (Å²) >= 11 is 0. The van der Waals surface area contributed by atoms with Crippen molar-refractivity contribution in [2.24, 2.45) is 5.92 Å². The molecule has 1 aliphatic carbocycles. The standard InChI is InChI=1S/C19H26N4O/c1-14(2)13-24-17-6-4-3-5-16(17)11-22-9-10-23-18(12-22)20-21-19(23)15-7-8-15/h3-6,14-15H,7-13H2,1-2H3. The van der Waals surface area contributed by atoms with Crippen molar-refractivity contribution < 1.29 is 4.74 Å². The molecule has 128 valence electrons. The lowest BCUT2D eigenvalue weighted by Gasteiger charge is -2.28. The molecule has 1 aromatic carbocycles. The summed E-state index contributed by atoms with van der Waals surface area (Å²) in [6, 6.07) is 8.39. The maximum atomic E-state index is 5.99. The molecule has 0 atom stereocenters. The zero-order valence-electron chi connectivity index (χ0n) is 14.6. The predicted octanol–water partition coefficient (Wildman–Crippen LogP) is 3.21. The smallest absolute Gasteiger partial charge is 0.147 e. The van der Waals surface area contributed by atoms with E-state index in [0.29, 0.717) is 11.8 Å². The van der Waals surface area contributed by atoms with Gasteiger partial charge in [-0.1, -0.05) is 32.0 Å². The molecule has 2 heterocycles. The summed E-state index contributed by atoms with van der Waals surface area (Å²) in [5, 5.41) is 8.86. The Morgan fingerprint density at radius 1 is 1.17 bits per heavy atom. The molecule has 1 aliphatic heterocycles. The van der Waals surface area contributed by atoms with Crippen molar-refractivity contribution in [3.05, 3.63) is 41.5 Å². The molecule has 5 nitrogen and oxygen atoms in total. The van der Waals surface area contributed by atoms with Gasteiger partial charge in [0, 0.05) is 31.1 Å². The molecule has 1 saturated carbocycles. The number of aromatic nitrogens is 3. The Hall–Kier alpha value is -1.88. The van der Waals surface area contributed by atoms with Crippen LogP contribution in [0.4, 0.5) is 0 Å². The van der Waals surface area contributed by atoms with Gasteiger partial charge in [0.15, 0.2) is 0 Å². The van der Waals surface area contributed by atoms with Crippen LogP contribution in [-0.2, 0) is 19.6 Å². The van der Waals surface area contributed by atoms with Crippen molar-refractivity contribution in [3.8, 4) is 5.75 Å². The van der Waals surface area contributed by atoms with Crippen LogP contribution >= 0.6 is 0 Å². The molecule has 24 heavy (non-hydrogen) atoms. The SMILES string of the molecule is CC(C)COc1ccccc1CN1CCn2c(nnc2C2CC2)C1. The number of hydrogen-bond donors (Lipinski definition) is 0. The van der Waals surface area contributed by atoms with Crippen LogP contribution in [0.15, 0.2) is 24.3 Å². The highest BCUT2D eigenvalue weighted by molar-refractivity contribution is 5.33. The van der Waals surface area contributed by atoms with E-state index in [1.165, 1.54) is 24.2 Å². The van der Waals surface area contributed by atoms with E-state index in [9.17, 15) is 0 Å². The Morgan fingerprint density at radius 2 is 2.00 bits per heavy atom. The zero-order valence-corrected chi connectivity index (χ0v) is 14.6. The van der Waals surface area contributed by atoms with Gasteiger partial charge in [-0.05, 0) is 24.8 Å². The molecular weight excluding hydrogens is 300 g/mol. The monoisotopic (exact) mass is 326 g/mol. The van der Waals surface area contributed by atoms with Gasteiger partial charge in [0.2, 0.25) is 0 Å². The Balaban J connectivity index is 1.44. The topological polar surface area (TPSA) is 43.2 Å². The average Bonchev–Trinajstić information content (AvgIpc) is 3.34. The van der Waals surface area contributed by atoms with E-state index in [1.54, 1.807) is 0 Å². The Morgan fingerprint density at radius 3 is 2.79 bits per heavy atom. The number of benzene rings is 1. The average molecular weight is 326 g/mol. The fourth-order valence-corrected chi connectivity index (χ4v) is 3.28. The number of nitrogens with zero attached hydrogens (tertiary/aromatic N) is 4. The molecule has 0 spiro atoms. The van der Waals surface area contributed by atoms with Crippen LogP contribution < -0.4 is 4.74 Å². The molecule has 4 rings (SSSR count). The lowest BCUT2D eigenvalue weighted by molar-refractivity contribution is 0.201. The van der Waals surface area contributed by atoms with Crippen LogP contribution in [0, 0.1) is 5.92 Å². The van der Waals surface area contributed by atoms with Crippen molar-refractivity contribution in [3.63, 3.8) is 0 Å². The summed E-state index contributed by atoms with van der Waals surface area (Å²) < 4.78 is 8.34. The summed E-state index contributed by atoms with van der Waals surface area (Å²) in [7, 11) is 0. The molecule has 0 radical (unpaired) electrons. The fraction of sp³-hybridized carbons (Fsp3) is 0.579. The molecule has 0 amide bonds. The van der Waals surface area contributed by atoms with E-state index in [1.807, 2.05) is 6.07 Å². The third-order valence-corrected chi connectivity index (χ3v) is 4.74. The summed E-state index contributed by atoms with van der Waals surface area (Å²) in [4.78, 5) is 2.44. The molecule has 0 bridgehead atoms.